The van der Waals surface area contributed by atoms with Crippen LogP contribution in [0, 0.1) is 50.7 Å². The predicted molar refractivity (Wildman–Crippen MR) is 183 cm³/mol. The van der Waals surface area contributed by atoms with Gasteiger partial charge in [0.2, 0.25) is 0 Å². The second-order valence-electron chi connectivity index (χ2n) is 19.9. The summed E-state index contributed by atoms with van der Waals surface area (Å²) in [6.45, 7) is 24.3. The van der Waals surface area contributed by atoms with Gasteiger partial charge in [0.25, 0.3) is 0 Å². The van der Waals surface area contributed by atoms with Crippen LogP contribution in [0.15, 0.2) is 0 Å². The monoisotopic (exact) mass is 673 g/mol. The molecule has 3 saturated heterocycles. The van der Waals surface area contributed by atoms with Gasteiger partial charge in [0.05, 0.1) is 68.5 Å². The minimum Gasteiger partial charge on any atom is -0.390 e. The van der Waals surface area contributed by atoms with Crippen LogP contribution < -0.4 is 0 Å². The molecule has 0 aromatic rings. The van der Waals surface area contributed by atoms with Crippen LogP contribution >= 0.6 is 0 Å². The first-order valence-electron chi connectivity index (χ1n) is 19.8. The average molecular weight is 674 g/mol. The van der Waals surface area contributed by atoms with Gasteiger partial charge in [-0.15, -0.1) is 0 Å². The predicted octanol–water partition coefficient (Wildman–Crippen LogP) is 5.81. The number of fused-ring (bicyclic) bond motifs is 4. The lowest BCUT2D eigenvalue weighted by atomic mass is 9.41. The van der Waals surface area contributed by atoms with Crippen LogP contribution in [0.2, 0.25) is 0 Å². The van der Waals surface area contributed by atoms with Gasteiger partial charge in [-0.1, -0.05) is 34.6 Å². The fourth-order valence-electron chi connectivity index (χ4n) is 14.4. The number of rotatable bonds is 7. The van der Waals surface area contributed by atoms with E-state index in [4.69, 9.17) is 23.7 Å². The summed E-state index contributed by atoms with van der Waals surface area (Å²) in [7, 11) is 0. The lowest BCUT2D eigenvalue weighted by molar-refractivity contribution is -0.256. The van der Waals surface area contributed by atoms with E-state index in [-0.39, 0.29) is 47.0 Å². The Morgan fingerprint density at radius 2 is 1.67 bits per heavy atom. The summed E-state index contributed by atoms with van der Waals surface area (Å²) >= 11 is 0. The Kier molecular flexibility index (Phi) is 8.21. The molecule has 0 radical (unpaired) electrons. The van der Waals surface area contributed by atoms with Crippen LogP contribution in [-0.2, 0) is 23.7 Å². The minimum atomic E-state index is -1.03. The van der Waals surface area contributed by atoms with E-state index in [2.05, 4.69) is 39.5 Å². The van der Waals surface area contributed by atoms with E-state index < -0.39 is 17.8 Å². The van der Waals surface area contributed by atoms with Crippen molar-refractivity contribution in [2.24, 2.45) is 50.7 Å². The lowest BCUT2D eigenvalue weighted by Crippen LogP contribution is -2.60. The van der Waals surface area contributed by atoms with Gasteiger partial charge in [-0.3, -0.25) is 4.90 Å². The van der Waals surface area contributed by atoms with E-state index in [9.17, 15) is 10.2 Å². The molecule has 8 fully saturated rings. The van der Waals surface area contributed by atoms with Crippen molar-refractivity contribution < 1.29 is 33.9 Å². The Labute approximate surface area is 290 Å². The van der Waals surface area contributed by atoms with E-state index in [1.165, 1.54) is 38.5 Å². The van der Waals surface area contributed by atoms with Crippen LogP contribution in [0.4, 0.5) is 0 Å². The minimum absolute atomic E-state index is 0.0117. The van der Waals surface area contributed by atoms with Crippen LogP contribution in [0.1, 0.15) is 114 Å². The zero-order chi connectivity index (χ0) is 34.2. The van der Waals surface area contributed by atoms with E-state index >= 15 is 0 Å². The van der Waals surface area contributed by atoms with Crippen LogP contribution in [-0.4, -0.2) is 103 Å². The molecule has 274 valence electrons. The molecule has 0 aromatic carbocycles. The molecule has 2 N–H and O–H groups in total. The Morgan fingerprint density at radius 1 is 0.958 bits per heavy atom. The molecule has 0 aromatic heterocycles. The first-order valence-corrected chi connectivity index (χ1v) is 19.8. The number of hydrogen-bond donors (Lipinski definition) is 2. The Balaban J connectivity index is 1.03. The molecule has 8 rings (SSSR count). The highest BCUT2D eigenvalue weighted by Gasteiger charge is 2.84. The first kappa shape index (κ1) is 34.7. The Morgan fingerprint density at radius 3 is 2.33 bits per heavy atom. The Bertz CT molecular complexity index is 1230. The van der Waals surface area contributed by atoms with Crippen molar-refractivity contribution in [1.82, 2.24) is 4.90 Å². The zero-order valence-corrected chi connectivity index (χ0v) is 31.5. The maximum atomic E-state index is 12.6. The van der Waals surface area contributed by atoms with Gasteiger partial charge in [-0.25, -0.2) is 0 Å². The van der Waals surface area contributed by atoms with Crippen LogP contribution in [0.25, 0.3) is 0 Å². The molecule has 48 heavy (non-hydrogen) atoms. The van der Waals surface area contributed by atoms with E-state index in [1.807, 2.05) is 27.7 Å². The van der Waals surface area contributed by atoms with Crippen molar-refractivity contribution in [3.8, 4) is 0 Å². The van der Waals surface area contributed by atoms with Gasteiger partial charge in [0.1, 0.15) is 6.10 Å². The third-order valence-electron chi connectivity index (χ3n) is 16.7. The number of aliphatic hydroxyl groups excluding tert-OH is 1. The molecule has 5 aliphatic carbocycles. The molecule has 5 saturated carbocycles. The number of ether oxygens (including phenoxy) is 5. The number of aliphatic hydroxyl groups is 2. The summed E-state index contributed by atoms with van der Waals surface area (Å²) in [5.74, 6) is 1.83. The highest BCUT2D eigenvalue weighted by atomic mass is 16.7. The molecule has 2 spiro atoms. The molecule has 8 nitrogen and oxygen atoms in total. The molecular formula is C40H67NO7. The van der Waals surface area contributed by atoms with E-state index in [0.717, 1.165) is 45.8 Å². The summed E-state index contributed by atoms with van der Waals surface area (Å²) < 4.78 is 32.0. The van der Waals surface area contributed by atoms with E-state index in [0.29, 0.717) is 40.5 Å². The third kappa shape index (κ3) is 4.67. The highest BCUT2D eigenvalue weighted by Crippen LogP contribution is 2.89. The van der Waals surface area contributed by atoms with Crippen molar-refractivity contribution in [1.29, 1.82) is 0 Å². The highest BCUT2D eigenvalue weighted by molar-refractivity contribution is 5.33. The summed E-state index contributed by atoms with van der Waals surface area (Å²) in [4.78, 5) is 2.51. The summed E-state index contributed by atoms with van der Waals surface area (Å²) in [6.07, 6.45) is 7.98. The maximum Gasteiger partial charge on any atom is 0.170 e. The van der Waals surface area contributed by atoms with Crippen molar-refractivity contribution in [2.45, 2.75) is 168 Å². The van der Waals surface area contributed by atoms with Crippen LogP contribution in [0.5, 0.6) is 0 Å². The topological polar surface area (TPSA) is 89.9 Å². The fraction of sp³-hybridized carbons (Fsp3) is 1.00. The SMILES string of the molecule is CC(C)O[C@@H]([C@H]1C[C@@H](C)[C@H]2[C@H](O1)[C@H](O)[C@@]1(C)[C@@H]3CC[C@H]4C(C)(C)[C@@H](O[C@H]5CN(C6COC6)CCO5)CC[C@@]45C[C@@]35CC[C@]21C)C(C)(C)O. The molecule has 3 aliphatic heterocycles. The quantitative estimate of drug-likeness (QED) is 0.351. The molecular weight excluding hydrogens is 606 g/mol. The maximum absolute atomic E-state index is 12.6. The van der Waals surface area contributed by atoms with Crippen molar-refractivity contribution >= 4 is 0 Å². The third-order valence-corrected chi connectivity index (χ3v) is 16.7. The van der Waals surface area contributed by atoms with Crippen molar-refractivity contribution in [2.75, 3.05) is 32.9 Å². The van der Waals surface area contributed by atoms with E-state index in [1.54, 1.807) is 0 Å². The zero-order valence-electron chi connectivity index (χ0n) is 31.5. The second kappa shape index (κ2) is 11.3. The van der Waals surface area contributed by atoms with Gasteiger partial charge >= 0.3 is 0 Å². The summed E-state index contributed by atoms with van der Waals surface area (Å²) in [6, 6.07) is 0.521. The molecule has 8 heteroatoms. The number of morpholine rings is 1. The molecule has 3 heterocycles. The number of hydrogen-bond acceptors (Lipinski definition) is 8. The van der Waals surface area contributed by atoms with Gasteiger partial charge in [0, 0.05) is 12.0 Å². The van der Waals surface area contributed by atoms with Crippen molar-refractivity contribution in [3.63, 3.8) is 0 Å². The molecule has 0 amide bonds. The summed E-state index contributed by atoms with van der Waals surface area (Å²) in [5, 5.41) is 23.8. The normalized spacial score (nSPS) is 52.4. The van der Waals surface area contributed by atoms with Gasteiger partial charge in [0.15, 0.2) is 6.29 Å². The molecule has 14 atom stereocenters. The lowest BCUT2D eigenvalue weighted by Gasteiger charge is -2.64. The van der Waals surface area contributed by atoms with Crippen LogP contribution in [0.3, 0.4) is 0 Å². The molecule has 0 bridgehead atoms. The van der Waals surface area contributed by atoms with Gasteiger partial charge in [-0.05, 0) is 124 Å². The number of nitrogens with zero attached hydrogens (tertiary/aromatic N) is 1. The Hall–Kier alpha value is -0.320. The smallest absolute Gasteiger partial charge is 0.170 e. The largest absolute Gasteiger partial charge is 0.390 e. The fourth-order valence-corrected chi connectivity index (χ4v) is 14.4. The molecule has 8 aliphatic rings. The summed E-state index contributed by atoms with van der Waals surface area (Å²) in [5.41, 5.74) is -0.479. The second-order valence-corrected chi connectivity index (χ2v) is 19.9. The van der Waals surface area contributed by atoms with Gasteiger partial charge < -0.3 is 33.9 Å². The standard InChI is InChI=1S/C40H67NO7/c1-23(2)46-34(36(6,7)43)26-18-24(3)31-32(47-26)33(42)38(9)28-11-10-27-35(4,5)29(48-30-19-41(16-17-45-30)25-20-44-21-25)12-13-39(27)22-40(28,39)15-14-37(31,38)8/h23-34,42-43H,10-22H2,1-9H3/t24-,26-,27+,28+,29+,30+,31+,32+,33+,34+,37-,38-,39-,40+/m1/s1. The first-order chi connectivity index (χ1) is 22.5. The average Bonchev–Trinajstić information content (AvgIpc) is 3.61. The van der Waals surface area contributed by atoms with Crippen molar-refractivity contribution in [3.05, 3.63) is 0 Å². The molecule has 0 unspecified atom stereocenters. The van der Waals surface area contributed by atoms with Gasteiger partial charge in [-0.2, -0.15) is 0 Å².